The van der Waals surface area contributed by atoms with E-state index >= 15 is 0 Å². The Kier molecular flexibility index (Phi) is 5.62. The van der Waals surface area contributed by atoms with Crippen LogP contribution in [0, 0.1) is 11.3 Å². The molecule has 0 saturated heterocycles. The van der Waals surface area contributed by atoms with E-state index in [9.17, 15) is 8.42 Å². The zero-order valence-electron chi connectivity index (χ0n) is 10.4. The Morgan fingerprint density at radius 2 is 1.67 bits per heavy atom. The van der Waals surface area contributed by atoms with Crippen molar-refractivity contribution in [3.05, 3.63) is 0 Å². The van der Waals surface area contributed by atoms with Crippen LogP contribution >= 0.6 is 11.6 Å². The van der Waals surface area contributed by atoms with Crippen LogP contribution < -0.4 is 0 Å². The van der Waals surface area contributed by atoms with Crippen LogP contribution in [-0.4, -0.2) is 25.3 Å². The summed E-state index contributed by atoms with van der Waals surface area (Å²) in [6.07, 6.45) is 0.648. The van der Waals surface area contributed by atoms with Crippen molar-refractivity contribution in [1.29, 1.82) is 0 Å². The average molecular weight is 255 g/mol. The molecule has 0 aromatic rings. The number of rotatable bonds is 6. The molecule has 0 aromatic heterocycles. The van der Waals surface area contributed by atoms with E-state index in [1.165, 1.54) is 0 Å². The van der Waals surface area contributed by atoms with Gasteiger partial charge in [0.25, 0.3) is 0 Å². The van der Waals surface area contributed by atoms with E-state index in [1.54, 1.807) is 13.8 Å². The van der Waals surface area contributed by atoms with Crippen LogP contribution in [0.4, 0.5) is 0 Å². The fourth-order valence-corrected chi connectivity index (χ4v) is 2.79. The predicted molar refractivity (Wildman–Crippen MR) is 67.2 cm³/mol. The van der Waals surface area contributed by atoms with Crippen molar-refractivity contribution >= 4 is 21.4 Å². The second-order valence-electron chi connectivity index (χ2n) is 5.11. The Morgan fingerprint density at radius 1 is 1.20 bits per heavy atom. The highest BCUT2D eigenvalue weighted by atomic mass is 35.5. The Hall–Kier alpha value is 0.240. The zero-order chi connectivity index (χ0) is 12.3. The summed E-state index contributed by atoms with van der Waals surface area (Å²) in [5.74, 6) is 1.15. The monoisotopic (exact) mass is 254 g/mol. The first-order valence-corrected chi connectivity index (χ1v) is 7.68. The van der Waals surface area contributed by atoms with Gasteiger partial charge in [-0.25, -0.2) is 8.42 Å². The molecule has 0 rings (SSSR count). The minimum Gasteiger partial charge on any atom is -0.229 e. The Morgan fingerprint density at radius 3 is 1.93 bits per heavy atom. The Balaban J connectivity index is 4.50. The maximum atomic E-state index is 11.7. The summed E-state index contributed by atoms with van der Waals surface area (Å²) in [5.41, 5.74) is -0.0798. The molecular formula is C11H23ClO2S. The third kappa shape index (κ3) is 4.31. The van der Waals surface area contributed by atoms with Crippen molar-refractivity contribution in [2.24, 2.45) is 11.3 Å². The molecule has 0 radical (unpaired) electrons. The first-order valence-electron chi connectivity index (χ1n) is 5.43. The molecular weight excluding hydrogens is 232 g/mol. The molecule has 0 N–H and O–H groups in total. The summed E-state index contributed by atoms with van der Waals surface area (Å²) in [7, 11) is -2.93. The molecule has 15 heavy (non-hydrogen) atoms. The van der Waals surface area contributed by atoms with Crippen LogP contribution in [0.1, 0.15) is 41.0 Å². The molecule has 0 bridgehead atoms. The van der Waals surface area contributed by atoms with Gasteiger partial charge in [0, 0.05) is 5.88 Å². The maximum Gasteiger partial charge on any atom is 0.152 e. The number of alkyl halides is 1. The van der Waals surface area contributed by atoms with Crippen molar-refractivity contribution in [2.75, 3.05) is 11.6 Å². The first-order chi connectivity index (χ1) is 6.65. The largest absolute Gasteiger partial charge is 0.229 e. The molecule has 0 aliphatic carbocycles. The van der Waals surface area contributed by atoms with Crippen LogP contribution in [0.3, 0.4) is 0 Å². The van der Waals surface area contributed by atoms with Gasteiger partial charge < -0.3 is 0 Å². The molecule has 2 nitrogen and oxygen atoms in total. The smallest absolute Gasteiger partial charge is 0.152 e. The highest BCUT2D eigenvalue weighted by Gasteiger charge is 2.30. The summed E-state index contributed by atoms with van der Waals surface area (Å²) in [4.78, 5) is 0. The van der Waals surface area contributed by atoms with E-state index in [1.807, 2.05) is 0 Å². The van der Waals surface area contributed by atoms with Crippen molar-refractivity contribution in [3.63, 3.8) is 0 Å². The van der Waals surface area contributed by atoms with Gasteiger partial charge in [0.15, 0.2) is 9.84 Å². The van der Waals surface area contributed by atoms with Crippen LogP contribution in [0.15, 0.2) is 0 Å². The van der Waals surface area contributed by atoms with Gasteiger partial charge in [-0.05, 0) is 31.6 Å². The molecule has 1 unspecified atom stereocenters. The molecule has 0 fully saturated rings. The van der Waals surface area contributed by atoms with Gasteiger partial charge in [0.1, 0.15) is 0 Å². The molecule has 4 heteroatoms. The van der Waals surface area contributed by atoms with Crippen molar-refractivity contribution in [1.82, 2.24) is 0 Å². The van der Waals surface area contributed by atoms with E-state index in [-0.39, 0.29) is 16.4 Å². The minimum absolute atomic E-state index is 0.0798. The fraction of sp³-hybridized carbons (Fsp3) is 1.00. The van der Waals surface area contributed by atoms with E-state index in [4.69, 9.17) is 11.6 Å². The van der Waals surface area contributed by atoms with Crippen LogP contribution in [0.5, 0.6) is 0 Å². The Bertz CT molecular complexity index is 283. The van der Waals surface area contributed by atoms with Crippen molar-refractivity contribution in [3.8, 4) is 0 Å². The topological polar surface area (TPSA) is 34.1 Å². The number of hydrogen-bond acceptors (Lipinski definition) is 2. The standard InChI is InChI=1S/C11H23ClO2S/c1-9(2)11(5,8-12)6-7-15(13,14)10(3)4/h9-10H,6-8H2,1-5H3. The SMILES string of the molecule is CC(C)C(C)(CCl)CCS(=O)(=O)C(C)C. The molecule has 0 amide bonds. The van der Waals surface area contributed by atoms with Gasteiger partial charge in [-0.2, -0.15) is 0 Å². The van der Waals surface area contributed by atoms with E-state index in [0.717, 1.165) is 0 Å². The summed E-state index contributed by atoms with van der Waals surface area (Å²) in [5, 5.41) is -0.288. The van der Waals surface area contributed by atoms with Crippen LogP contribution in [-0.2, 0) is 9.84 Å². The molecule has 0 spiro atoms. The summed E-state index contributed by atoms with van der Waals surface area (Å²) < 4.78 is 23.3. The number of sulfone groups is 1. The van der Waals surface area contributed by atoms with E-state index < -0.39 is 9.84 Å². The third-order valence-electron chi connectivity index (χ3n) is 3.38. The lowest BCUT2D eigenvalue weighted by molar-refractivity contribution is 0.246. The zero-order valence-corrected chi connectivity index (χ0v) is 12.0. The molecule has 92 valence electrons. The van der Waals surface area contributed by atoms with Gasteiger partial charge in [0.2, 0.25) is 0 Å². The van der Waals surface area contributed by atoms with E-state index in [2.05, 4.69) is 20.8 Å². The van der Waals surface area contributed by atoms with Crippen molar-refractivity contribution < 1.29 is 8.42 Å². The highest BCUT2D eigenvalue weighted by molar-refractivity contribution is 7.91. The summed E-state index contributed by atoms with van der Waals surface area (Å²) >= 11 is 5.92. The second kappa shape index (κ2) is 5.53. The molecule has 0 aliphatic heterocycles. The normalized spacial score (nSPS) is 17.1. The molecule has 0 aromatic carbocycles. The van der Waals surface area contributed by atoms with Crippen molar-refractivity contribution in [2.45, 2.75) is 46.3 Å². The Labute approximate surface area is 99.3 Å². The third-order valence-corrected chi connectivity index (χ3v) is 6.20. The second-order valence-corrected chi connectivity index (χ2v) is 8.05. The number of halogens is 1. The van der Waals surface area contributed by atoms with E-state index in [0.29, 0.717) is 18.2 Å². The quantitative estimate of drug-likeness (QED) is 0.683. The minimum atomic E-state index is -2.93. The van der Waals surface area contributed by atoms with Gasteiger partial charge in [-0.15, -0.1) is 11.6 Å². The molecule has 0 aliphatic rings. The number of hydrogen-bond donors (Lipinski definition) is 0. The maximum absolute atomic E-state index is 11.7. The lowest BCUT2D eigenvalue weighted by Crippen LogP contribution is -2.30. The lowest BCUT2D eigenvalue weighted by atomic mass is 9.79. The van der Waals surface area contributed by atoms with Crippen LogP contribution in [0.2, 0.25) is 0 Å². The average Bonchev–Trinajstić information content (AvgIpc) is 2.13. The van der Waals surface area contributed by atoms with Gasteiger partial charge >= 0.3 is 0 Å². The molecule has 1 atom stereocenters. The summed E-state index contributed by atoms with van der Waals surface area (Å²) in [6, 6.07) is 0. The predicted octanol–water partition coefficient (Wildman–Crippen LogP) is 3.10. The first kappa shape index (κ1) is 15.2. The van der Waals surface area contributed by atoms with Gasteiger partial charge in [-0.1, -0.05) is 20.8 Å². The lowest BCUT2D eigenvalue weighted by Gasteiger charge is -2.31. The molecule has 0 saturated carbocycles. The van der Waals surface area contributed by atoms with Crippen LogP contribution in [0.25, 0.3) is 0 Å². The van der Waals surface area contributed by atoms with Gasteiger partial charge in [0.05, 0.1) is 11.0 Å². The fourth-order valence-electron chi connectivity index (χ4n) is 1.12. The molecule has 0 heterocycles. The van der Waals surface area contributed by atoms with Gasteiger partial charge in [-0.3, -0.25) is 0 Å². The summed E-state index contributed by atoms with van der Waals surface area (Å²) in [6.45, 7) is 9.68. The highest BCUT2D eigenvalue weighted by Crippen LogP contribution is 2.33.